The topological polar surface area (TPSA) is 402 Å². The van der Waals surface area contributed by atoms with Crippen LogP contribution >= 0.6 is 21.6 Å². The number of ether oxygens (including phenoxy) is 1. The number of benzene rings is 1. The molecule has 0 spiro atoms. The van der Waals surface area contributed by atoms with Gasteiger partial charge in [0.15, 0.2) is 11.6 Å². The van der Waals surface area contributed by atoms with Gasteiger partial charge >= 0.3 is 0 Å². The van der Waals surface area contributed by atoms with Crippen LogP contribution in [0.4, 0.5) is 5.69 Å². The van der Waals surface area contributed by atoms with Gasteiger partial charge in [-0.1, -0.05) is 38.0 Å². The number of hydrogen-bond acceptors (Lipinski definition) is 19. The van der Waals surface area contributed by atoms with Gasteiger partial charge in [0.2, 0.25) is 41.4 Å². The molecule has 5 heterocycles. The van der Waals surface area contributed by atoms with E-state index in [4.69, 9.17) is 10.5 Å². The van der Waals surface area contributed by atoms with Crippen LogP contribution in [0.3, 0.4) is 0 Å². The Morgan fingerprint density at radius 3 is 2.35 bits per heavy atom. The summed E-state index contributed by atoms with van der Waals surface area (Å²) in [5.41, 5.74) is 5.96. The van der Waals surface area contributed by atoms with Crippen LogP contribution in [0.25, 0.3) is 10.9 Å². The van der Waals surface area contributed by atoms with Crippen LogP contribution in [-0.4, -0.2) is 173 Å². The largest absolute Gasteiger partial charge is 0.493 e. The number of nitrogens with one attached hydrogen (secondary N) is 6. The zero-order chi connectivity index (χ0) is 57.0. The Morgan fingerprint density at radius 1 is 0.962 bits per heavy atom. The fourth-order valence-electron chi connectivity index (χ4n) is 9.28. The molecule has 3 aliphatic heterocycles. The number of Topliss-reactive ketones (excluding diaryl/α,β-unsaturated/α-hetero) is 2. The van der Waals surface area contributed by atoms with Crippen molar-refractivity contribution in [3.63, 3.8) is 0 Å². The second-order valence-electron chi connectivity index (χ2n) is 19.5. The molecular weight excluding hydrogens is 1080 g/mol. The number of amides is 7. The van der Waals surface area contributed by atoms with E-state index in [9.17, 15) is 68.6 Å². The molecule has 26 nitrogen and oxygen atoms in total. The van der Waals surface area contributed by atoms with Gasteiger partial charge in [-0.3, -0.25) is 57.5 Å². The van der Waals surface area contributed by atoms with E-state index in [0.29, 0.717) is 40.3 Å². The third-order valence-corrected chi connectivity index (χ3v) is 17.6. The number of carbonyl (C=O) groups is 9. The molecule has 2 bridgehead atoms. The quantitative estimate of drug-likeness (QED) is 0.0380. The molecule has 0 aliphatic carbocycles. The number of aromatic nitrogens is 2. The van der Waals surface area contributed by atoms with E-state index < -0.39 is 186 Å². The summed E-state index contributed by atoms with van der Waals surface area (Å²) in [6.07, 6.45) is -3.95. The first-order valence-corrected chi connectivity index (χ1v) is 28.8. The van der Waals surface area contributed by atoms with Gasteiger partial charge in [0.25, 0.3) is 5.69 Å². The molecule has 29 heteroatoms. The number of nitro groups is 1. The summed E-state index contributed by atoms with van der Waals surface area (Å²) < 4.78 is 21.1. The van der Waals surface area contributed by atoms with E-state index in [1.54, 1.807) is 38.1 Å². The molecule has 1 aromatic carbocycles. The molecule has 1 fully saturated rings. The van der Waals surface area contributed by atoms with Crippen LogP contribution in [0.5, 0.6) is 5.75 Å². The van der Waals surface area contributed by atoms with E-state index in [1.807, 2.05) is 0 Å². The number of nitrogens with zero attached hydrogens (tertiary/aromatic N) is 3. The van der Waals surface area contributed by atoms with Crippen molar-refractivity contribution in [1.82, 2.24) is 41.5 Å². The minimum atomic E-state index is -2.35. The molecule has 6 rings (SSSR count). The van der Waals surface area contributed by atoms with Crippen molar-refractivity contribution in [2.45, 2.75) is 112 Å². The zero-order valence-electron chi connectivity index (χ0n) is 42.9. The van der Waals surface area contributed by atoms with Crippen molar-refractivity contribution in [2.24, 2.45) is 29.4 Å². The maximum Gasteiger partial charge on any atom is 0.287 e. The second-order valence-corrected chi connectivity index (χ2v) is 23.3. The SMILES string of the molecule is CC[C@H](C)[C@@H]1NC(=O)CNC(=O)C2CC(=O)[C@H]([C@@H](C)[C@@H](O)CO)NC(=O)[C@@H]3CC(O)CN3C(=O)[C@H](CC(N)=O)CC(=O)C(CS(=O)c3[nH]c4cc(OCCCSSc5ccc([N+](=O)[O-])cn5)ccc4c3C2)NC(=O)CNC1=O. The standard InChI is InChI=1S/C49H64N10O16S3/c1-4-24(2)43-47(70)53-19-40(66)54-34-23-78(74)48-32(31-8-7-30(17-33(31)55-48)75-10-5-11-76-77-42-9-6-28(18-51-42)59(72)73)12-26(45(68)52-20-41(67)56-43)13-37(63)44(25(3)38(64)22-60)57-46(69)35-16-29(61)21-58(35)49(71)27(14-36(34)62)15-39(50)65/h6-9,17-18,24-27,29,34-35,38,43-44,55,60-61,64H,4-5,10-16,19-23H2,1-3H3,(H2,50,65)(H,52,68)(H,53,70)(H,54,66)(H,56,67)(H,57,69)/t24-,25-,26?,27-,29?,34?,35-,38-,43-,44-,78?/m0/s1. The van der Waals surface area contributed by atoms with Crippen LogP contribution < -0.4 is 37.1 Å². The lowest BCUT2D eigenvalue weighted by Crippen LogP contribution is -2.56. The number of hydrogen-bond donors (Lipinski definition) is 10. The highest BCUT2D eigenvalue weighted by Crippen LogP contribution is 2.34. The summed E-state index contributed by atoms with van der Waals surface area (Å²) in [6.45, 7) is 2.18. The van der Waals surface area contributed by atoms with Crippen LogP contribution in [0.1, 0.15) is 64.9 Å². The number of H-pyrrole nitrogens is 1. The lowest BCUT2D eigenvalue weighted by molar-refractivity contribution is -0.385. The molecular formula is C49H64N10O16S3. The number of aliphatic hydroxyl groups excluding tert-OH is 3. The van der Waals surface area contributed by atoms with Crippen molar-refractivity contribution < 1.29 is 72.3 Å². The van der Waals surface area contributed by atoms with E-state index in [-0.39, 0.29) is 29.3 Å². The molecule has 1 saturated heterocycles. The molecule has 2 aromatic heterocycles. The lowest BCUT2D eigenvalue weighted by atomic mass is 9.85. The first-order chi connectivity index (χ1) is 37.1. The smallest absolute Gasteiger partial charge is 0.287 e. The number of nitrogens with two attached hydrogens (primary N) is 1. The number of pyridine rings is 1. The van der Waals surface area contributed by atoms with E-state index >= 15 is 4.21 Å². The Balaban J connectivity index is 1.44. The summed E-state index contributed by atoms with van der Waals surface area (Å²) in [5.74, 6) is -12.9. The summed E-state index contributed by atoms with van der Waals surface area (Å²) in [5, 5.41) is 56.2. The number of fused-ring (bicyclic) bond motifs is 5. The summed E-state index contributed by atoms with van der Waals surface area (Å²) in [4.78, 5) is 145. The highest BCUT2D eigenvalue weighted by Gasteiger charge is 2.45. The van der Waals surface area contributed by atoms with Gasteiger partial charge in [-0.15, -0.1) is 0 Å². The van der Waals surface area contributed by atoms with Crippen molar-refractivity contribution in [1.29, 1.82) is 0 Å². The third kappa shape index (κ3) is 15.8. The lowest BCUT2D eigenvalue weighted by Gasteiger charge is -2.32. The molecule has 424 valence electrons. The van der Waals surface area contributed by atoms with E-state index in [0.717, 1.165) is 4.90 Å². The summed E-state index contributed by atoms with van der Waals surface area (Å²) >= 11 is 0. The Bertz CT molecular complexity index is 2780. The molecule has 78 heavy (non-hydrogen) atoms. The first kappa shape index (κ1) is 60.7. The van der Waals surface area contributed by atoms with Gasteiger partial charge < -0.3 is 62.3 Å². The van der Waals surface area contributed by atoms with Gasteiger partial charge in [-0.05, 0) is 53.3 Å². The Labute approximate surface area is 457 Å². The number of aliphatic hydroxyl groups is 3. The van der Waals surface area contributed by atoms with Crippen LogP contribution in [0, 0.1) is 33.8 Å². The Kier molecular flexibility index (Phi) is 21.7. The summed E-state index contributed by atoms with van der Waals surface area (Å²) in [7, 11) is 0.431. The van der Waals surface area contributed by atoms with Crippen molar-refractivity contribution >= 4 is 102 Å². The summed E-state index contributed by atoms with van der Waals surface area (Å²) in [6, 6.07) is 1.56. The molecule has 3 aromatic rings. The van der Waals surface area contributed by atoms with Gasteiger partial charge in [0, 0.05) is 67.3 Å². The van der Waals surface area contributed by atoms with Crippen molar-refractivity contribution in [3.05, 3.63) is 52.2 Å². The van der Waals surface area contributed by atoms with Crippen LogP contribution in [0.2, 0.25) is 0 Å². The highest BCUT2D eigenvalue weighted by atomic mass is 33.1. The number of primary amides is 1. The monoisotopic (exact) mass is 1140 g/mol. The molecule has 11 atom stereocenters. The van der Waals surface area contributed by atoms with Gasteiger partial charge in [0.05, 0.1) is 83.5 Å². The van der Waals surface area contributed by atoms with Gasteiger partial charge in [-0.25, -0.2) is 4.98 Å². The van der Waals surface area contributed by atoms with Gasteiger partial charge in [-0.2, -0.15) is 0 Å². The number of ketones is 2. The Morgan fingerprint density at radius 2 is 1.68 bits per heavy atom. The average Bonchev–Trinajstić information content (AvgIpc) is 4.02. The fraction of sp³-hybridized carbons (Fsp3) is 0.551. The number of rotatable bonds is 15. The minimum Gasteiger partial charge on any atom is -0.493 e. The van der Waals surface area contributed by atoms with Crippen molar-refractivity contribution in [3.8, 4) is 5.75 Å². The molecule has 0 radical (unpaired) electrons. The third-order valence-electron chi connectivity index (χ3n) is 13.8. The highest BCUT2D eigenvalue weighted by molar-refractivity contribution is 8.76. The van der Waals surface area contributed by atoms with E-state index in [2.05, 4.69) is 36.6 Å². The maximum atomic E-state index is 15.0. The molecule has 3 aliphatic rings. The van der Waals surface area contributed by atoms with E-state index in [1.165, 1.54) is 40.8 Å². The predicted octanol–water partition coefficient (Wildman–Crippen LogP) is -0.932. The fourth-order valence-corrected chi connectivity index (χ4v) is 12.6. The molecule has 7 amide bonds. The zero-order valence-corrected chi connectivity index (χ0v) is 45.4. The van der Waals surface area contributed by atoms with Crippen LogP contribution in [-0.2, 0) is 60.4 Å². The second kappa shape index (κ2) is 27.9. The maximum absolute atomic E-state index is 15.0. The molecule has 11 N–H and O–H groups in total. The van der Waals surface area contributed by atoms with Crippen molar-refractivity contribution in [2.75, 3.05) is 44.4 Å². The predicted molar refractivity (Wildman–Crippen MR) is 282 cm³/mol. The normalized spacial score (nSPS) is 25.6. The Hall–Kier alpha value is -6.53. The van der Waals surface area contributed by atoms with Gasteiger partial charge in [0.1, 0.15) is 34.1 Å². The molecule has 4 unspecified atom stereocenters. The number of aromatic amines is 1. The average molecular weight is 1150 g/mol. The van der Waals surface area contributed by atoms with Crippen LogP contribution in [0.15, 0.2) is 46.6 Å². The number of carbonyl (C=O) groups excluding carboxylic acids is 9. The minimum absolute atomic E-state index is 0.0787. The molecule has 0 saturated carbocycles. The first-order valence-electron chi connectivity index (χ1n) is 25.2.